The van der Waals surface area contributed by atoms with Crippen LogP contribution >= 0.6 is 0 Å². The summed E-state index contributed by atoms with van der Waals surface area (Å²) < 4.78 is 6.47. The molecule has 14 heavy (non-hydrogen) atoms. The fraction of sp³-hybridized carbons (Fsp3) is 0.600. The molecule has 0 N–H and O–H groups in total. The summed E-state index contributed by atoms with van der Waals surface area (Å²) in [6.45, 7) is 2.76. The van der Waals surface area contributed by atoms with Crippen LogP contribution in [0.2, 0.25) is 0 Å². The molecule has 0 saturated heterocycles. The molecule has 2 rings (SSSR count). The molecular weight excluding hydrogens is 180 g/mol. The number of nitrogens with zero attached hydrogens (tertiary/aromatic N) is 2. The zero-order valence-corrected chi connectivity index (χ0v) is 8.22. The first-order valence-electron chi connectivity index (χ1n) is 4.91. The molecule has 1 fully saturated rings. The van der Waals surface area contributed by atoms with Gasteiger partial charge in [0.25, 0.3) is 0 Å². The third kappa shape index (κ3) is 1.95. The summed E-state index contributed by atoms with van der Waals surface area (Å²) in [6.07, 6.45) is 6.63. The van der Waals surface area contributed by atoms with Crippen molar-refractivity contribution >= 4 is 6.09 Å². The second-order valence-corrected chi connectivity index (χ2v) is 3.99. The molecule has 1 saturated carbocycles. The molecule has 4 nitrogen and oxygen atoms in total. The van der Waals surface area contributed by atoms with E-state index in [1.54, 1.807) is 12.4 Å². The summed E-state index contributed by atoms with van der Waals surface area (Å²) in [5.74, 6) is 1.37. The highest BCUT2D eigenvalue weighted by atomic mass is 16.5. The summed E-state index contributed by atoms with van der Waals surface area (Å²) >= 11 is 0. The molecule has 1 aliphatic rings. The number of rotatable bonds is 2. The van der Waals surface area contributed by atoms with Crippen LogP contribution in [0.1, 0.15) is 19.8 Å². The predicted octanol–water partition coefficient (Wildman–Crippen LogP) is 1.91. The molecule has 0 atom stereocenters. The van der Waals surface area contributed by atoms with Gasteiger partial charge < -0.3 is 4.74 Å². The van der Waals surface area contributed by atoms with Gasteiger partial charge in [0, 0.05) is 12.4 Å². The molecule has 1 aliphatic carbocycles. The van der Waals surface area contributed by atoms with Crippen LogP contribution in [0, 0.1) is 11.8 Å². The quantitative estimate of drug-likeness (QED) is 0.722. The minimum atomic E-state index is -0.331. The van der Waals surface area contributed by atoms with Gasteiger partial charge in [-0.2, -0.15) is 0 Å². The molecular formula is C10H14N2O2. The molecule has 0 bridgehead atoms. The van der Waals surface area contributed by atoms with Crippen molar-refractivity contribution in [2.75, 3.05) is 6.61 Å². The highest BCUT2D eigenvalue weighted by Crippen LogP contribution is 2.32. The van der Waals surface area contributed by atoms with Gasteiger partial charge >= 0.3 is 6.09 Å². The summed E-state index contributed by atoms with van der Waals surface area (Å²) in [7, 11) is 0. The van der Waals surface area contributed by atoms with Gasteiger partial charge in [0.15, 0.2) is 0 Å². The van der Waals surface area contributed by atoms with E-state index in [1.165, 1.54) is 23.7 Å². The van der Waals surface area contributed by atoms with Crippen molar-refractivity contribution in [1.82, 2.24) is 9.55 Å². The molecule has 0 aliphatic heterocycles. The van der Waals surface area contributed by atoms with Crippen molar-refractivity contribution in [3.05, 3.63) is 18.7 Å². The number of aromatic nitrogens is 2. The zero-order chi connectivity index (χ0) is 9.97. The molecule has 0 unspecified atom stereocenters. The van der Waals surface area contributed by atoms with Gasteiger partial charge in [-0.25, -0.2) is 14.3 Å². The molecule has 0 amide bonds. The summed E-state index contributed by atoms with van der Waals surface area (Å²) in [4.78, 5) is 15.1. The summed E-state index contributed by atoms with van der Waals surface area (Å²) in [5, 5.41) is 0. The van der Waals surface area contributed by atoms with Crippen molar-refractivity contribution in [2.24, 2.45) is 11.8 Å². The molecule has 76 valence electrons. The van der Waals surface area contributed by atoms with Gasteiger partial charge in [0.2, 0.25) is 0 Å². The van der Waals surface area contributed by atoms with E-state index in [9.17, 15) is 4.79 Å². The van der Waals surface area contributed by atoms with Crippen molar-refractivity contribution < 1.29 is 9.53 Å². The van der Waals surface area contributed by atoms with Gasteiger partial charge in [0.05, 0.1) is 6.61 Å². The van der Waals surface area contributed by atoms with Crippen LogP contribution in [0.3, 0.4) is 0 Å². The lowest BCUT2D eigenvalue weighted by molar-refractivity contribution is 0.0823. The number of carbonyl (C=O) groups is 1. The second kappa shape index (κ2) is 3.82. The largest absolute Gasteiger partial charge is 0.449 e. The standard InChI is InChI=1S/C10H14N2O2/c1-8-4-9(5-8)6-14-10(13)12-3-2-11-7-12/h2-3,7-9H,4-6H2,1H3. The Balaban J connectivity index is 1.74. The van der Waals surface area contributed by atoms with Gasteiger partial charge in [-0.05, 0) is 24.7 Å². The Morgan fingerprint density at radius 2 is 2.43 bits per heavy atom. The van der Waals surface area contributed by atoms with Crippen LogP contribution in [0.4, 0.5) is 4.79 Å². The van der Waals surface area contributed by atoms with Crippen LogP contribution in [0.25, 0.3) is 0 Å². The minimum absolute atomic E-state index is 0.331. The fourth-order valence-electron chi connectivity index (χ4n) is 1.84. The highest BCUT2D eigenvalue weighted by molar-refractivity contribution is 5.69. The molecule has 1 heterocycles. The van der Waals surface area contributed by atoms with Crippen LogP contribution in [0.15, 0.2) is 18.7 Å². The fourth-order valence-corrected chi connectivity index (χ4v) is 1.84. The lowest BCUT2D eigenvalue weighted by atomic mass is 9.77. The van der Waals surface area contributed by atoms with Gasteiger partial charge in [-0.3, -0.25) is 0 Å². The van der Waals surface area contributed by atoms with Crippen molar-refractivity contribution in [3.63, 3.8) is 0 Å². The first kappa shape index (κ1) is 9.24. The maximum atomic E-state index is 11.3. The maximum absolute atomic E-state index is 11.3. The van der Waals surface area contributed by atoms with Crippen LogP contribution in [0.5, 0.6) is 0 Å². The van der Waals surface area contributed by atoms with Crippen LogP contribution < -0.4 is 0 Å². The third-order valence-electron chi connectivity index (χ3n) is 2.63. The van der Waals surface area contributed by atoms with Crippen LogP contribution in [-0.4, -0.2) is 22.3 Å². The van der Waals surface area contributed by atoms with E-state index in [0.717, 1.165) is 5.92 Å². The number of hydrogen-bond acceptors (Lipinski definition) is 3. The number of ether oxygens (including phenoxy) is 1. The topological polar surface area (TPSA) is 44.1 Å². The third-order valence-corrected chi connectivity index (χ3v) is 2.63. The van der Waals surface area contributed by atoms with Crippen molar-refractivity contribution in [3.8, 4) is 0 Å². The smallest absolute Gasteiger partial charge is 0.419 e. The molecule has 0 spiro atoms. The Morgan fingerprint density at radius 1 is 1.64 bits per heavy atom. The number of carbonyl (C=O) groups excluding carboxylic acids is 1. The normalized spacial score (nSPS) is 25.5. The monoisotopic (exact) mass is 194 g/mol. The van der Waals surface area contributed by atoms with E-state index < -0.39 is 0 Å². The van der Waals surface area contributed by atoms with E-state index in [1.807, 2.05) is 0 Å². The van der Waals surface area contributed by atoms with E-state index >= 15 is 0 Å². The average molecular weight is 194 g/mol. The Kier molecular flexibility index (Phi) is 2.52. The maximum Gasteiger partial charge on any atom is 0.419 e. The Morgan fingerprint density at radius 3 is 3.00 bits per heavy atom. The van der Waals surface area contributed by atoms with Crippen molar-refractivity contribution in [2.45, 2.75) is 19.8 Å². The summed E-state index contributed by atoms with van der Waals surface area (Å²) in [6, 6.07) is 0. The van der Waals surface area contributed by atoms with Crippen molar-refractivity contribution in [1.29, 1.82) is 0 Å². The highest BCUT2D eigenvalue weighted by Gasteiger charge is 2.26. The van der Waals surface area contributed by atoms with Gasteiger partial charge in [-0.15, -0.1) is 0 Å². The lowest BCUT2D eigenvalue weighted by Crippen LogP contribution is -2.27. The number of imidazole rings is 1. The van der Waals surface area contributed by atoms with E-state index in [4.69, 9.17) is 4.74 Å². The van der Waals surface area contributed by atoms with E-state index in [0.29, 0.717) is 12.5 Å². The SMILES string of the molecule is CC1CC(COC(=O)n2ccnc2)C1. The molecule has 0 radical (unpaired) electrons. The number of hydrogen-bond donors (Lipinski definition) is 0. The predicted molar refractivity (Wildman–Crippen MR) is 50.9 cm³/mol. The molecule has 1 aromatic heterocycles. The Bertz CT molecular complexity index is 302. The minimum Gasteiger partial charge on any atom is -0.449 e. The first-order chi connectivity index (χ1) is 6.75. The molecule has 1 aromatic rings. The van der Waals surface area contributed by atoms with Crippen LogP contribution in [-0.2, 0) is 4.74 Å². The molecule has 0 aromatic carbocycles. The summed E-state index contributed by atoms with van der Waals surface area (Å²) in [5.41, 5.74) is 0. The van der Waals surface area contributed by atoms with E-state index in [-0.39, 0.29) is 6.09 Å². The van der Waals surface area contributed by atoms with Gasteiger partial charge in [0.1, 0.15) is 6.33 Å². The molecule has 4 heteroatoms. The van der Waals surface area contributed by atoms with Gasteiger partial charge in [-0.1, -0.05) is 6.92 Å². The lowest BCUT2D eigenvalue weighted by Gasteiger charge is -2.31. The second-order valence-electron chi connectivity index (χ2n) is 3.99. The Labute approximate surface area is 82.9 Å². The average Bonchev–Trinajstić information content (AvgIpc) is 2.62. The first-order valence-corrected chi connectivity index (χ1v) is 4.91. The Hall–Kier alpha value is -1.32. The van der Waals surface area contributed by atoms with E-state index in [2.05, 4.69) is 11.9 Å². The zero-order valence-electron chi connectivity index (χ0n) is 8.22.